The summed E-state index contributed by atoms with van der Waals surface area (Å²) >= 11 is 3.37. The van der Waals surface area contributed by atoms with Gasteiger partial charge in [0, 0.05) is 17.1 Å². The zero-order valence-corrected chi connectivity index (χ0v) is 17.4. The zero-order chi connectivity index (χ0) is 19.8. The van der Waals surface area contributed by atoms with Crippen LogP contribution in [0.3, 0.4) is 0 Å². The molecule has 1 atom stereocenters. The Kier molecular flexibility index (Phi) is 7.85. The van der Waals surface area contributed by atoms with E-state index in [0.29, 0.717) is 12.3 Å². The number of amides is 2. The molecule has 0 spiro atoms. The van der Waals surface area contributed by atoms with E-state index in [9.17, 15) is 9.59 Å². The van der Waals surface area contributed by atoms with Crippen LogP contribution in [0.5, 0.6) is 5.75 Å². The van der Waals surface area contributed by atoms with Crippen LogP contribution in [0.25, 0.3) is 0 Å². The molecule has 0 aliphatic carbocycles. The van der Waals surface area contributed by atoms with Gasteiger partial charge in [-0.15, -0.1) is 0 Å². The first kappa shape index (κ1) is 21.0. The molecule has 0 heterocycles. The molecule has 0 bridgehead atoms. The van der Waals surface area contributed by atoms with Crippen molar-refractivity contribution in [2.75, 3.05) is 6.61 Å². The first-order chi connectivity index (χ1) is 12.9. The molecule has 0 saturated heterocycles. The van der Waals surface area contributed by atoms with Crippen LogP contribution in [-0.4, -0.2) is 35.4 Å². The lowest BCUT2D eigenvalue weighted by Gasteiger charge is -2.29. The molecule has 2 aromatic carbocycles. The fourth-order valence-electron chi connectivity index (χ4n) is 2.53. The van der Waals surface area contributed by atoms with Gasteiger partial charge < -0.3 is 15.0 Å². The van der Waals surface area contributed by atoms with Gasteiger partial charge >= 0.3 is 0 Å². The molecular formula is C21H25BrN2O3. The van der Waals surface area contributed by atoms with Gasteiger partial charge in [-0.05, 0) is 50.6 Å². The Morgan fingerprint density at radius 2 is 1.67 bits per heavy atom. The maximum Gasteiger partial charge on any atom is 0.261 e. The Morgan fingerprint density at radius 3 is 2.26 bits per heavy atom. The minimum absolute atomic E-state index is 0.00708. The third-order valence-corrected chi connectivity index (χ3v) is 4.50. The molecule has 2 rings (SSSR count). The van der Waals surface area contributed by atoms with Crippen molar-refractivity contribution in [2.45, 2.75) is 39.4 Å². The number of hydrogen-bond acceptors (Lipinski definition) is 3. The van der Waals surface area contributed by atoms with E-state index < -0.39 is 6.04 Å². The van der Waals surface area contributed by atoms with E-state index in [1.54, 1.807) is 24.0 Å². The first-order valence-corrected chi connectivity index (χ1v) is 9.68. The normalized spacial score (nSPS) is 11.7. The molecular weight excluding hydrogens is 408 g/mol. The largest absolute Gasteiger partial charge is 0.484 e. The molecule has 0 saturated carbocycles. The number of rotatable bonds is 8. The Balaban J connectivity index is 2.10. The highest BCUT2D eigenvalue weighted by Crippen LogP contribution is 2.17. The van der Waals surface area contributed by atoms with Crippen LogP contribution >= 0.6 is 15.9 Å². The molecule has 2 amide bonds. The molecule has 6 heteroatoms. The molecule has 0 aliphatic heterocycles. The number of carbonyl (C=O) groups is 2. The highest BCUT2D eigenvalue weighted by molar-refractivity contribution is 9.10. The average molecular weight is 433 g/mol. The van der Waals surface area contributed by atoms with Crippen molar-refractivity contribution in [1.29, 1.82) is 0 Å². The fraction of sp³-hybridized carbons (Fsp3) is 0.333. The van der Waals surface area contributed by atoms with Gasteiger partial charge in [-0.2, -0.15) is 0 Å². The van der Waals surface area contributed by atoms with E-state index in [1.807, 2.05) is 56.3 Å². The summed E-state index contributed by atoms with van der Waals surface area (Å²) < 4.78 is 6.54. The highest BCUT2D eigenvalue weighted by Gasteiger charge is 2.26. The Bertz CT molecular complexity index is 748. The predicted octanol–water partition coefficient (Wildman–Crippen LogP) is 3.77. The van der Waals surface area contributed by atoms with Gasteiger partial charge in [0.15, 0.2) is 6.61 Å². The van der Waals surface area contributed by atoms with Gasteiger partial charge in [0.2, 0.25) is 5.91 Å². The summed E-state index contributed by atoms with van der Waals surface area (Å²) in [6, 6.07) is 16.3. The van der Waals surface area contributed by atoms with Gasteiger partial charge in [-0.3, -0.25) is 9.59 Å². The number of nitrogens with one attached hydrogen (secondary N) is 1. The standard InChI is InChI=1S/C21H25BrN2O3/c1-15(2)23-21(26)16(3)24(13-17-7-5-4-6-8-17)20(25)14-27-19-11-9-18(22)10-12-19/h4-12,15-16H,13-14H2,1-3H3,(H,23,26). The van der Waals surface area contributed by atoms with E-state index in [4.69, 9.17) is 4.74 Å². The van der Waals surface area contributed by atoms with Crippen molar-refractivity contribution < 1.29 is 14.3 Å². The summed E-state index contributed by atoms with van der Waals surface area (Å²) in [5.74, 6) is 0.177. The monoisotopic (exact) mass is 432 g/mol. The zero-order valence-electron chi connectivity index (χ0n) is 15.8. The molecule has 1 unspecified atom stereocenters. The second-order valence-electron chi connectivity index (χ2n) is 6.59. The van der Waals surface area contributed by atoms with Crippen LogP contribution in [0.1, 0.15) is 26.3 Å². The molecule has 0 aromatic heterocycles. The van der Waals surface area contributed by atoms with Crippen LogP contribution in [0, 0.1) is 0 Å². The van der Waals surface area contributed by atoms with Crippen molar-refractivity contribution in [3.8, 4) is 5.75 Å². The maximum atomic E-state index is 12.8. The Labute approximate surface area is 168 Å². The molecule has 5 nitrogen and oxygen atoms in total. The summed E-state index contributed by atoms with van der Waals surface area (Å²) in [6.07, 6.45) is 0. The lowest BCUT2D eigenvalue weighted by molar-refractivity contribution is -0.142. The molecule has 0 radical (unpaired) electrons. The summed E-state index contributed by atoms with van der Waals surface area (Å²) in [6.45, 7) is 5.73. The van der Waals surface area contributed by atoms with Gasteiger partial charge in [0.25, 0.3) is 5.91 Å². The molecule has 2 aromatic rings. The Morgan fingerprint density at radius 1 is 1.04 bits per heavy atom. The molecule has 0 fully saturated rings. The smallest absolute Gasteiger partial charge is 0.261 e. The van der Waals surface area contributed by atoms with E-state index in [2.05, 4.69) is 21.2 Å². The van der Waals surface area contributed by atoms with Gasteiger partial charge in [0.05, 0.1) is 0 Å². The molecule has 0 aliphatic rings. The van der Waals surface area contributed by atoms with Crippen molar-refractivity contribution in [2.24, 2.45) is 0 Å². The van der Waals surface area contributed by atoms with Crippen LogP contribution in [0.4, 0.5) is 0 Å². The second kappa shape index (κ2) is 10.1. The van der Waals surface area contributed by atoms with E-state index in [-0.39, 0.29) is 24.5 Å². The summed E-state index contributed by atoms with van der Waals surface area (Å²) in [4.78, 5) is 26.8. The second-order valence-corrected chi connectivity index (χ2v) is 7.50. The Hall–Kier alpha value is -2.34. The number of carbonyl (C=O) groups excluding carboxylic acids is 2. The van der Waals surface area contributed by atoms with E-state index in [0.717, 1.165) is 10.0 Å². The summed E-state index contributed by atoms with van der Waals surface area (Å²) in [5.41, 5.74) is 0.957. The van der Waals surface area contributed by atoms with Gasteiger partial charge in [-0.25, -0.2) is 0 Å². The van der Waals surface area contributed by atoms with Crippen LogP contribution in [0.2, 0.25) is 0 Å². The van der Waals surface area contributed by atoms with Crippen molar-refractivity contribution in [3.05, 3.63) is 64.6 Å². The third kappa shape index (κ3) is 6.71. The number of ether oxygens (including phenoxy) is 1. The molecule has 144 valence electrons. The van der Waals surface area contributed by atoms with Crippen molar-refractivity contribution in [1.82, 2.24) is 10.2 Å². The average Bonchev–Trinajstić information content (AvgIpc) is 2.65. The number of hydrogen-bond donors (Lipinski definition) is 1. The van der Waals surface area contributed by atoms with Crippen molar-refractivity contribution >= 4 is 27.7 Å². The van der Waals surface area contributed by atoms with E-state index >= 15 is 0 Å². The SMILES string of the molecule is CC(C)NC(=O)C(C)N(Cc1ccccc1)C(=O)COc1ccc(Br)cc1. The quantitative estimate of drug-likeness (QED) is 0.690. The van der Waals surface area contributed by atoms with Crippen LogP contribution < -0.4 is 10.1 Å². The predicted molar refractivity (Wildman–Crippen MR) is 109 cm³/mol. The minimum Gasteiger partial charge on any atom is -0.484 e. The maximum absolute atomic E-state index is 12.8. The number of benzene rings is 2. The minimum atomic E-state index is -0.603. The van der Waals surface area contributed by atoms with Gasteiger partial charge in [0.1, 0.15) is 11.8 Å². The summed E-state index contributed by atoms with van der Waals surface area (Å²) in [7, 11) is 0. The molecule has 1 N–H and O–H groups in total. The third-order valence-electron chi connectivity index (χ3n) is 3.97. The van der Waals surface area contributed by atoms with Crippen molar-refractivity contribution in [3.63, 3.8) is 0 Å². The first-order valence-electron chi connectivity index (χ1n) is 8.89. The number of nitrogens with zero attached hydrogens (tertiary/aromatic N) is 1. The lowest BCUT2D eigenvalue weighted by Crippen LogP contribution is -2.50. The lowest BCUT2D eigenvalue weighted by atomic mass is 10.1. The van der Waals surface area contributed by atoms with Gasteiger partial charge in [-0.1, -0.05) is 46.3 Å². The fourth-order valence-corrected chi connectivity index (χ4v) is 2.79. The highest BCUT2D eigenvalue weighted by atomic mass is 79.9. The topological polar surface area (TPSA) is 58.6 Å². The van der Waals surface area contributed by atoms with E-state index in [1.165, 1.54) is 0 Å². The molecule has 27 heavy (non-hydrogen) atoms. The summed E-state index contributed by atoms with van der Waals surface area (Å²) in [5, 5.41) is 2.86. The number of halogens is 1. The van der Waals surface area contributed by atoms with Crippen LogP contribution in [0.15, 0.2) is 59.1 Å². The van der Waals surface area contributed by atoms with Crippen LogP contribution in [-0.2, 0) is 16.1 Å².